The van der Waals surface area contributed by atoms with Crippen molar-refractivity contribution in [1.29, 1.82) is 0 Å². The van der Waals surface area contributed by atoms with Crippen LogP contribution in [0.1, 0.15) is 12.7 Å². The fourth-order valence-corrected chi connectivity index (χ4v) is 2.10. The number of aromatic nitrogens is 2. The largest absolute Gasteiger partial charge is 0.467 e. The van der Waals surface area contributed by atoms with Gasteiger partial charge < -0.3 is 20.4 Å². The first-order chi connectivity index (χ1) is 11.7. The molecule has 0 bridgehead atoms. The summed E-state index contributed by atoms with van der Waals surface area (Å²) in [5.74, 6) is 2.09. The number of carbonyl (C=O) groups is 1. The van der Waals surface area contributed by atoms with Crippen molar-refractivity contribution in [3.8, 4) is 0 Å². The van der Waals surface area contributed by atoms with E-state index in [1.54, 1.807) is 6.26 Å². The minimum Gasteiger partial charge on any atom is -0.467 e. The van der Waals surface area contributed by atoms with E-state index in [1.165, 1.54) is 13.3 Å². The monoisotopic (exact) mass is 323 g/mol. The summed E-state index contributed by atoms with van der Waals surface area (Å²) in [7, 11) is 0. The lowest BCUT2D eigenvalue weighted by Crippen LogP contribution is -2.05. The van der Waals surface area contributed by atoms with Crippen molar-refractivity contribution < 1.29 is 9.21 Å². The number of amides is 1. The molecule has 3 N–H and O–H groups in total. The van der Waals surface area contributed by atoms with Gasteiger partial charge in [-0.05, 0) is 36.4 Å². The molecule has 0 saturated carbocycles. The van der Waals surface area contributed by atoms with Gasteiger partial charge >= 0.3 is 0 Å². The molecule has 2 heterocycles. The number of nitrogens with zero attached hydrogens (tertiary/aromatic N) is 2. The molecule has 0 saturated heterocycles. The van der Waals surface area contributed by atoms with Gasteiger partial charge in [-0.3, -0.25) is 4.79 Å². The van der Waals surface area contributed by atoms with E-state index < -0.39 is 0 Å². The van der Waals surface area contributed by atoms with Crippen LogP contribution < -0.4 is 16.0 Å². The highest BCUT2D eigenvalue weighted by molar-refractivity contribution is 5.88. The number of anilines is 4. The molecule has 0 spiro atoms. The molecule has 0 fully saturated rings. The second-order valence-electron chi connectivity index (χ2n) is 5.10. The summed E-state index contributed by atoms with van der Waals surface area (Å²) in [6, 6.07) is 12.9. The smallest absolute Gasteiger partial charge is 0.221 e. The molecular weight excluding hydrogens is 306 g/mol. The third kappa shape index (κ3) is 4.33. The Hall–Kier alpha value is -3.35. The molecule has 0 atom stereocenters. The Balaban J connectivity index is 1.62. The number of rotatable bonds is 6. The summed E-state index contributed by atoms with van der Waals surface area (Å²) in [5, 5.41) is 9.09. The van der Waals surface area contributed by atoms with Crippen LogP contribution in [0.25, 0.3) is 0 Å². The first-order valence-corrected chi connectivity index (χ1v) is 7.42. The van der Waals surface area contributed by atoms with Crippen LogP contribution in [-0.2, 0) is 11.3 Å². The van der Waals surface area contributed by atoms with Crippen molar-refractivity contribution in [2.45, 2.75) is 13.5 Å². The average Bonchev–Trinajstić information content (AvgIpc) is 3.08. The molecule has 7 nitrogen and oxygen atoms in total. The Morgan fingerprint density at radius 2 is 1.83 bits per heavy atom. The van der Waals surface area contributed by atoms with Gasteiger partial charge in [-0.25, -0.2) is 9.97 Å². The molecule has 3 rings (SSSR count). The third-order valence-corrected chi connectivity index (χ3v) is 3.17. The Labute approximate surface area is 139 Å². The van der Waals surface area contributed by atoms with Gasteiger partial charge in [0.15, 0.2) is 0 Å². The Bertz CT molecular complexity index is 800. The number of nitrogens with one attached hydrogen (secondary N) is 3. The van der Waals surface area contributed by atoms with Gasteiger partial charge in [0, 0.05) is 24.4 Å². The van der Waals surface area contributed by atoms with Crippen LogP contribution in [0.4, 0.5) is 23.0 Å². The molecular formula is C17H17N5O2. The van der Waals surface area contributed by atoms with Gasteiger partial charge in [0.2, 0.25) is 5.91 Å². The summed E-state index contributed by atoms with van der Waals surface area (Å²) in [5.41, 5.74) is 1.61. The Kier molecular flexibility index (Phi) is 4.71. The van der Waals surface area contributed by atoms with Crippen molar-refractivity contribution >= 4 is 28.9 Å². The molecule has 0 aliphatic heterocycles. The van der Waals surface area contributed by atoms with Crippen molar-refractivity contribution in [3.63, 3.8) is 0 Å². The summed E-state index contributed by atoms with van der Waals surface area (Å²) in [6.45, 7) is 2.03. The van der Waals surface area contributed by atoms with Crippen molar-refractivity contribution in [2.75, 3.05) is 16.0 Å². The van der Waals surface area contributed by atoms with Gasteiger partial charge in [-0.2, -0.15) is 0 Å². The minimum atomic E-state index is -0.0983. The third-order valence-electron chi connectivity index (χ3n) is 3.17. The zero-order valence-corrected chi connectivity index (χ0v) is 13.1. The van der Waals surface area contributed by atoms with E-state index in [4.69, 9.17) is 4.42 Å². The molecule has 0 aliphatic carbocycles. The zero-order valence-electron chi connectivity index (χ0n) is 13.1. The predicted molar refractivity (Wildman–Crippen MR) is 92.1 cm³/mol. The maximum atomic E-state index is 11.0. The van der Waals surface area contributed by atoms with Crippen LogP contribution >= 0.6 is 0 Å². The van der Waals surface area contributed by atoms with E-state index in [0.717, 1.165) is 17.1 Å². The van der Waals surface area contributed by atoms with Gasteiger partial charge in [-0.1, -0.05) is 0 Å². The second kappa shape index (κ2) is 7.28. The number of furan rings is 1. The fourth-order valence-electron chi connectivity index (χ4n) is 2.10. The van der Waals surface area contributed by atoms with Crippen LogP contribution in [0.3, 0.4) is 0 Å². The van der Waals surface area contributed by atoms with E-state index in [9.17, 15) is 4.79 Å². The van der Waals surface area contributed by atoms with Crippen LogP contribution in [-0.4, -0.2) is 15.9 Å². The second-order valence-corrected chi connectivity index (χ2v) is 5.10. The van der Waals surface area contributed by atoms with Crippen LogP contribution in [0.15, 0.2) is 59.5 Å². The van der Waals surface area contributed by atoms with Crippen molar-refractivity contribution in [1.82, 2.24) is 9.97 Å². The van der Waals surface area contributed by atoms with Gasteiger partial charge in [0.1, 0.15) is 23.7 Å². The molecule has 3 aromatic rings. The zero-order chi connectivity index (χ0) is 16.8. The highest BCUT2D eigenvalue weighted by atomic mass is 16.3. The number of hydrogen-bond acceptors (Lipinski definition) is 6. The van der Waals surface area contributed by atoms with Gasteiger partial charge in [-0.15, -0.1) is 0 Å². The molecule has 24 heavy (non-hydrogen) atoms. The lowest BCUT2D eigenvalue weighted by Gasteiger charge is -2.09. The van der Waals surface area contributed by atoms with Crippen molar-refractivity contribution in [3.05, 3.63) is 60.8 Å². The summed E-state index contributed by atoms with van der Waals surface area (Å²) >= 11 is 0. The van der Waals surface area contributed by atoms with E-state index in [2.05, 4.69) is 25.9 Å². The lowest BCUT2D eigenvalue weighted by molar-refractivity contribution is -0.114. The van der Waals surface area contributed by atoms with E-state index in [0.29, 0.717) is 18.2 Å². The normalized spacial score (nSPS) is 10.2. The standard InChI is InChI=1S/C17H17N5O2/c1-12(23)21-13-4-6-14(7-5-13)22-17-9-16(19-11-20-17)18-10-15-3-2-8-24-15/h2-9,11H,10H2,1H3,(H,21,23)(H2,18,19,20,22). The summed E-state index contributed by atoms with van der Waals surface area (Å²) in [6.07, 6.45) is 3.12. The maximum absolute atomic E-state index is 11.0. The van der Waals surface area contributed by atoms with E-state index in [1.807, 2.05) is 42.5 Å². The fraction of sp³-hybridized carbons (Fsp3) is 0.118. The molecule has 1 amide bonds. The molecule has 0 unspecified atom stereocenters. The summed E-state index contributed by atoms with van der Waals surface area (Å²) < 4.78 is 5.27. The van der Waals surface area contributed by atoms with Gasteiger partial charge in [0.05, 0.1) is 12.8 Å². The first-order valence-electron chi connectivity index (χ1n) is 7.42. The topological polar surface area (TPSA) is 92.1 Å². The quantitative estimate of drug-likeness (QED) is 0.644. The molecule has 0 aliphatic rings. The highest BCUT2D eigenvalue weighted by Gasteiger charge is 2.02. The number of hydrogen-bond donors (Lipinski definition) is 3. The van der Waals surface area contributed by atoms with Crippen LogP contribution in [0.5, 0.6) is 0 Å². The predicted octanol–water partition coefficient (Wildman–Crippen LogP) is 3.38. The minimum absolute atomic E-state index is 0.0983. The molecule has 0 radical (unpaired) electrons. The molecule has 122 valence electrons. The maximum Gasteiger partial charge on any atom is 0.221 e. The highest BCUT2D eigenvalue weighted by Crippen LogP contribution is 2.19. The van der Waals surface area contributed by atoms with E-state index in [-0.39, 0.29) is 5.91 Å². The summed E-state index contributed by atoms with van der Waals surface area (Å²) in [4.78, 5) is 19.4. The SMILES string of the molecule is CC(=O)Nc1ccc(Nc2cc(NCc3ccco3)ncn2)cc1. The Morgan fingerprint density at radius 1 is 1.08 bits per heavy atom. The van der Waals surface area contributed by atoms with Gasteiger partial charge in [0.25, 0.3) is 0 Å². The van der Waals surface area contributed by atoms with Crippen molar-refractivity contribution in [2.24, 2.45) is 0 Å². The first kappa shape index (κ1) is 15.5. The lowest BCUT2D eigenvalue weighted by atomic mass is 10.2. The van der Waals surface area contributed by atoms with Crippen LogP contribution in [0.2, 0.25) is 0 Å². The molecule has 2 aromatic heterocycles. The number of carbonyl (C=O) groups excluding carboxylic acids is 1. The molecule has 1 aromatic carbocycles. The molecule has 7 heteroatoms. The average molecular weight is 323 g/mol. The van der Waals surface area contributed by atoms with E-state index >= 15 is 0 Å². The number of benzene rings is 1. The Morgan fingerprint density at radius 3 is 2.54 bits per heavy atom. The van der Waals surface area contributed by atoms with Crippen LogP contribution in [0, 0.1) is 0 Å².